The first-order chi connectivity index (χ1) is 11.1. The van der Waals surface area contributed by atoms with Gasteiger partial charge in [-0.15, -0.1) is 0 Å². The zero-order valence-electron chi connectivity index (χ0n) is 12.5. The summed E-state index contributed by atoms with van der Waals surface area (Å²) in [5.41, 5.74) is 2.59. The van der Waals surface area contributed by atoms with Crippen molar-refractivity contribution in [2.75, 3.05) is 10.6 Å². The van der Waals surface area contributed by atoms with Crippen LogP contribution in [0.5, 0.6) is 0 Å². The van der Waals surface area contributed by atoms with Crippen LogP contribution >= 0.6 is 0 Å². The minimum Gasteiger partial charge on any atom is -0.308 e. The van der Waals surface area contributed by atoms with Crippen LogP contribution in [0.3, 0.4) is 0 Å². The van der Waals surface area contributed by atoms with Crippen LogP contribution in [0, 0.1) is 0 Å². The van der Waals surface area contributed by atoms with Crippen molar-refractivity contribution < 1.29 is 9.59 Å². The van der Waals surface area contributed by atoms with Gasteiger partial charge < -0.3 is 10.6 Å². The Morgan fingerprint density at radius 1 is 0.913 bits per heavy atom. The highest BCUT2D eigenvalue weighted by Crippen LogP contribution is 2.21. The minimum absolute atomic E-state index is 0.0113. The van der Waals surface area contributed by atoms with Crippen molar-refractivity contribution in [3.05, 3.63) is 66.4 Å². The molecular weight excluding hydrogens is 290 g/mol. The molecule has 0 saturated carbocycles. The molecule has 0 aliphatic carbocycles. The van der Waals surface area contributed by atoms with E-state index in [2.05, 4.69) is 15.6 Å². The van der Waals surface area contributed by atoms with Crippen LogP contribution in [-0.2, 0) is 0 Å². The maximum absolute atomic E-state index is 12.1. The number of para-hydroxylation sites is 1. The Morgan fingerprint density at radius 2 is 1.65 bits per heavy atom. The Morgan fingerprint density at radius 3 is 2.39 bits per heavy atom. The lowest BCUT2D eigenvalue weighted by atomic mass is 10.1. The number of carbonyl (C=O) groups is 2. The second-order valence-electron chi connectivity index (χ2n) is 5.09. The number of Topliss-reactive ketones (excluding diaryl/α,β-unsaturated/α-hetero) is 1. The molecule has 0 aliphatic rings. The van der Waals surface area contributed by atoms with Gasteiger partial charge in [-0.2, -0.15) is 0 Å². The Bertz CT molecular complexity index is 868. The number of nitrogens with one attached hydrogen (secondary N) is 2. The molecule has 0 unspecified atom stereocenters. The summed E-state index contributed by atoms with van der Waals surface area (Å²) in [4.78, 5) is 27.7. The number of fused-ring (bicyclic) bond motifs is 1. The monoisotopic (exact) mass is 305 g/mol. The molecule has 0 radical (unpaired) electrons. The van der Waals surface area contributed by atoms with E-state index in [0.29, 0.717) is 16.9 Å². The summed E-state index contributed by atoms with van der Waals surface area (Å²) in [6, 6.07) is 15.8. The van der Waals surface area contributed by atoms with Gasteiger partial charge in [-0.1, -0.05) is 18.2 Å². The average Bonchev–Trinajstić information content (AvgIpc) is 2.55. The first-order valence-corrected chi connectivity index (χ1v) is 7.16. The fraction of sp³-hybridized carbons (Fsp3) is 0.0556. The predicted molar refractivity (Wildman–Crippen MR) is 90.8 cm³/mol. The van der Waals surface area contributed by atoms with E-state index in [1.807, 2.05) is 24.3 Å². The number of nitrogens with zero attached hydrogens (tertiary/aromatic N) is 1. The molecular formula is C18H15N3O2. The van der Waals surface area contributed by atoms with Crippen LogP contribution in [0.25, 0.3) is 10.9 Å². The maximum Gasteiger partial charge on any atom is 0.323 e. The van der Waals surface area contributed by atoms with E-state index in [0.717, 1.165) is 10.9 Å². The Kier molecular flexibility index (Phi) is 4.01. The van der Waals surface area contributed by atoms with Gasteiger partial charge in [0.15, 0.2) is 5.78 Å². The van der Waals surface area contributed by atoms with Gasteiger partial charge in [0, 0.05) is 22.8 Å². The van der Waals surface area contributed by atoms with E-state index in [-0.39, 0.29) is 11.8 Å². The molecule has 1 heterocycles. The Balaban J connectivity index is 1.75. The molecule has 3 aromatic rings. The van der Waals surface area contributed by atoms with E-state index in [9.17, 15) is 9.59 Å². The Hall–Kier alpha value is -3.21. The largest absolute Gasteiger partial charge is 0.323 e. The molecule has 0 bridgehead atoms. The molecule has 23 heavy (non-hydrogen) atoms. The van der Waals surface area contributed by atoms with E-state index >= 15 is 0 Å². The van der Waals surface area contributed by atoms with Crippen molar-refractivity contribution in [3.63, 3.8) is 0 Å². The number of carbonyl (C=O) groups excluding carboxylic acids is 2. The van der Waals surface area contributed by atoms with Crippen molar-refractivity contribution in [2.45, 2.75) is 6.92 Å². The molecule has 0 spiro atoms. The molecule has 2 aromatic carbocycles. The highest BCUT2D eigenvalue weighted by molar-refractivity contribution is 6.05. The van der Waals surface area contributed by atoms with Gasteiger partial charge in [0.2, 0.25) is 0 Å². The smallest absolute Gasteiger partial charge is 0.308 e. The Labute approximate surface area is 133 Å². The molecule has 2 amide bonds. The quantitative estimate of drug-likeness (QED) is 0.716. The zero-order valence-corrected chi connectivity index (χ0v) is 12.5. The minimum atomic E-state index is -0.362. The molecule has 114 valence electrons. The van der Waals surface area contributed by atoms with Gasteiger partial charge in [-0.3, -0.25) is 9.78 Å². The first-order valence-electron chi connectivity index (χ1n) is 7.16. The number of anilines is 2. The molecule has 0 aliphatic heterocycles. The van der Waals surface area contributed by atoms with Gasteiger partial charge in [0.05, 0.1) is 11.2 Å². The highest BCUT2D eigenvalue weighted by Gasteiger charge is 2.07. The summed E-state index contributed by atoms with van der Waals surface area (Å²) >= 11 is 0. The van der Waals surface area contributed by atoms with Crippen molar-refractivity contribution in [2.24, 2.45) is 0 Å². The summed E-state index contributed by atoms with van der Waals surface area (Å²) in [7, 11) is 0. The summed E-state index contributed by atoms with van der Waals surface area (Å²) in [6.07, 6.45) is 1.69. The van der Waals surface area contributed by atoms with Crippen molar-refractivity contribution in [1.29, 1.82) is 0 Å². The number of benzene rings is 2. The third-order valence-electron chi connectivity index (χ3n) is 3.43. The highest BCUT2D eigenvalue weighted by atomic mass is 16.2. The standard InChI is InChI=1S/C18H15N3O2/c1-12(22)13-7-9-15(10-8-13)20-18(23)21-16-6-2-4-14-5-3-11-19-17(14)16/h2-11H,1H3,(H2,20,21,23). The lowest BCUT2D eigenvalue weighted by Gasteiger charge is -2.09. The number of hydrogen-bond donors (Lipinski definition) is 2. The van der Waals surface area contributed by atoms with Gasteiger partial charge in [-0.05, 0) is 43.3 Å². The van der Waals surface area contributed by atoms with E-state index in [1.165, 1.54) is 6.92 Å². The molecule has 3 rings (SSSR count). The molecule has 0 fully saturated rings. The molecule has 0 saturated heterocycles. The predicted octanol–water partition coefficient (Wildman–Crippen LogP) is 4.08. The van der Waals surface area contributed by atoms with Crippen LogP contribution in [0.2, 0.25) is 0 Å². The van der Waals surface area contributed by atoms with E-state index in [4.69, 9.17) is 0 Å². The van der Waals surface area contributed by atoms with Crippen molar-refractivity contribution >= 4 is 34.1 Å². The number of hydrogen-bond acceptors (Lipinski definition) is 3. The fourth-order valence-corrected chi connectivity index (χ4v) is 2.28. The van der Waals surface area contributed by atoms with Crippen LogP contribution < -0.4 is 10.6 Å². The number of rotatable bonds is 3. The van der Waals surface area contributed by atoms with Gasteiger partial charge in [0.1, 0.15) is 0 Å². The normalized spacial score (nSPS) is 10.3. The molecule has 1 aromatic heterocycles. The SMILES string of the molecule is CC(=O)c1ccc(NC(=O)Nc2cccc3cccnc23)cc1. The number of aromatic nitrogens is 1. The molecule has 5 nitrogen and oxygen atoms in total. The summed E-state index contributed by atoms with van der Waals surface area (Å²) in [6.45, 7) is 1.50. The van der Waals surface area contributed by atoms with Crippen LogP contribution in [0.1, 0.15) is 17.3 Å². The summed E-state index contributed by atoms with van der Waals surface area (Å²) < 4.78 is 0. The lowest BCUT2D eigenvalue weighted by Crippen LogP contribution is -2.19. The fourth-order valence-electron chi connectivity index (χ4n) is 2.28. The van der Waals surface area contributed by atoms with Crippen molar-refractivity contribution in [3.8, 4) is 0 Å². The second kappa shape index (κ2) is 6.27. The van der Waals surface area contributed by atoms with Crippen LogP contribution in [0.4, 0.5) is 16.2 Å². The third kappa shape index (κ3) is 3.35. The third-order valence-corrected chi connectivity index (χ3v) is 3.43. The summed E-state index contributed by atoms with van der Waals surface area (Å²) in [5.74, 6) is -0.0113. The lowest BCUT2D eigenvalue weighted by molar-refractivity contribution is 0.101. The van der Waals surface area contributed by atoms with Crippen molar-refractivity contribution in [1.82, 2.24) is 4.98 Å². The first kappa shape index (κ1) is 14.7. The van der Waals surface area contributed by atoms with Crippen LogP contribution in [0.15, 0.2) is 60.8 Å². The van der Waals surface area contributed by atoms with Crippen LogP contribution in [-0.4, -0.2) is 16.8 Å². The molecule has 2 N–H and O–H groups in total. The zero-order chi connectivity index (χ0) is 16.2. The summed E-state index contributed by atoms with van der Waals surface area (Å²) in [5, 5.41) is 6.48. The molecule has 5 heteroatoms. The number of amides is 2. The number of urea groups is 1. The average molecular weight is 305 g/mol. The van der Waals surface area contributed by atoms with Gasteiger partial charge >= 0.3 is 6.03 Å². The maximum atomic E-state index is 12.1. The second-order valence-corrected chi connectivity index (χ2v) is 5.09. The van der Waals surface area contributed by atoms with E-state index < -0.39 is 0 Å². The van der Waals surface area contributed by atoms with Gasteiger partial charge in [-0.25, -0.2) is 4.79 Å². The van der Waals surface area contributed by atoms with E-state index in [1.54, 1.807) is 36.5 Å². The van der Waals surface area contributed by atoms with Gasteiger partial charge in [0.25, 0.3) is 0 Å². The molecule has 0 atom stereocenters. The number of ketones is 1. The number of pyridine rings is 1. The topological polar surface area (TPSA) is 71.1 Å².